The first-order valence-electron chi connectivity index (χ1n) is 6.64. The minimum Gasteiger partial charge on any atom is -0.396 e. The first-order valence-corrected chi connectivity index (χ1v) is 6.64. The Bertz CT molecular complexity index is 279. The summed E-state index contributed by atoms with van der Waals surface area (Å²) < 4.78 is 35.9. The second kappa shape index (κ2) is 7.57. The first kappa shape index (κ1) is 16.1. The van der Waals surface area contributed by atoms with Gasteiger partial charge in [-0.05, 0) is 25.2 Å². The van der Waals surface area contributed by atoms with Crippen LogP contribution in [-0.4, -0.2) is 36.5 Å². The van der Waals surface area contributed by atoms with E-state index in [2.05, 4.69) is 5.32 Å². The highest BCUT2D eigenvalue weighted by atomic mass is 19.4. The van der Waals surface area contributed by atoms with Crippen LogP contribution in [0, 0.1) is 5.92 Å². The van der Waals surface area contributed by atoms with Crippen molar-refractivity contribution in [1.82, 2.24) is 10.6 Å². The predicted molar refractivity (Wildman–Crippen MR) is 64.7 cm³/mol. The van der Waals surface area contributed by atoms with E-state index in [1.165, 1.54) is 0 Å². The Labute approximate surface area is 110 Å². The molecule has 1 rings (SSSR count). The highest BCUT2D eigenvalue weighted by Gasteiger charge is 2.29. The van der Waals surface area contributed by atoms with Gasteiger partial charge in [0.25, 0.3) is 0 Å². The van der Waals surface area contributed by atoms with Crippen LogP contribution in [0.15, 0.2) is 0 Å². The number of carbonyl (C=O) groups is 1. The number of rotatable bonds is 5. The Morgan fingerprint density at radius 3 is 2.42 bits per heavy atom. The van der Waals surface area contributed by atoms with Gasteiger partial charge in [0.15, 0.2) is 0 Å². The van der Waals surface area contributed by atoms with E-state index in [0.29, 0.717) is 6.42 Å². The molecule has 0 aromatic rings. The summed E-state index contributed by atoms with van der Waals surface area (Å²) in [5.74, 6) is 0.248. The topological polar surface area (TPSA) is 61.4 Å². The lowest BCUT2D eigenvalue weighted by Gasteiger charge is -2.30. The number of alkyl halides is 3. The van der Waals surface area contributed by atoms with Crippen LogP contribution in [0.2, 0.25) is 0 Å². The summed E-state index contributed by atoms with van der Waals surface area (Å²) in [6.45, 7) is -1.42. The third-order valence-electron chi connectivity index (χ3n) is 3.42. The van der Waals surface area contributed by atoms with Crippen LogP contribution in [0.4, 0.5) is 18.0 Å². The summed E-state index contributed by atoms with van der Waals surface area (Å²) in [6.07, 6.45) is 1.16. The molecule has 2 amide bonds. The quantitative estimate of drug-likeness (QED) is 0.724. The molecular weight excluding hydrogens is 261 g/mol. The van der Waals surface area contributed by atoms with Gasteiger partial charge in [0.1, 0.15) is 6.54 Å². The van der Waals surface area contributed by atoms with E-state index in [1.54, 1.807) is 5.32 Å². The molecule has 0 aliphatic heterocycles. The molecule has 7 heteroatoms. The van der Waals surface area contributed by atoms with Gasteiger partial charge in [0.05, 0.1) is 0 Å². The van der Waals surface area contributed by atoms with Gasteiger partial charge >= 0.3 is 12.2 Å². The van der Waals surface area contributed by atoms with Crippen LogP contribution in [0.5, 0.6) is 0 Å². The number of aliphatic hydroxyl groups is 1. The Balaban J connectivity index is 2.41. The second-order valence-electron chi connectivity index (χ2n) is 4.96. The summed E-state index contributed by atoms with van der Waals surface area (Å²) in [6, 6.07) is -1.07. The number of carbonyl (C=O) groups excluding carboxylic acids is 1. The number of nitrogens with one attached hydrogen (secondary N) is 2. The van der Waals surface area contributed by atoms with Crippen molar-refractivity contribution in [1.29, 1.82) is 0 Å². The number of hydrogen-bond acceptors (Lipinski definition) is 2. The third kappa shape index (κ3) is 6.66. The highest BCUT2D eigenvalue weighted by Crippen LogP contribution is 2.27. The molecule has 0 saturated heterocycles. The molecule has 4 nitrogen and oxygen atoms in total. The van der Waals surface area contributed by atoms with Crippen LogP contribution in [0.25, 0.3) is 0 Å². The molecule has 19 heavy (non-hydrogen) atoms. The SMILES string of the molecule is O=C(NCC(F)(F)F)N[C@H](CCO)C1CCCCC1. The fraction of sp³-hybridized carbons (Fsp3) is 0.917. The number of hydrogen-bond donors (Lipinski definition) is 3. The average molecular weight is 282 g/mol. The van der Waals surface area contributed by atoms with E-state index < -0.39 is 18.8 Å². The maximum atomic E-state index is 12.0. The molecule has 0 radical (unpaired) electrons. The summed E-state index contributed by atoms with van der Waals surface area (Å²) in [4.78, 5) is 11.4. The Kier molecular flexibility index (Phi) is 6.41. The molecule has 1 atom stereocenters. The van der Waals surface area contributed by atoms with Crippen molar-refractivity contribution >= 4 is 6.03 Å². The number of aliphatic hydroxyl groups excluding tert-OH is 1. The van der Waals surface area contributed by atoms with E-state index in [0.717, 1.165) is 32.1 Å². The Hall–Kier alpha value is -0.980. The van der Waals surface area contributed by atoms with E-state index in [-0.39, 0.29) is 18.6 Å². The van der Waals surface area contributed by atoms with Gasteiger partial charge in [0.2, 0.25) is 0 Å². The summed E-state index contributed by atoms with van der Waals surface area (Å²) in [7, 11) is 0. The van der Waals surface area contributed by atoms with E-state index in [4.69, 9.17) is 5.11 Å². The average Bonchev–Trinajstić information content (AvgIpc) is 2.36. The first-order chi connectivity index (χ1) is 8.92. The second-order valence-corrected chi connectivity index (χ2v) is 4.96. The summed E-state index contributed by atoms with van der Waals surface area (Å²) in [5, 5.41) is 13.3. The number of amides is 2. The lowest BCUT2D eigenvalue weighted by Crippen LogP contribution is -2.48. The van der Waals surface area contributed by atoms with Crippen LogP contribution in [0.1, 0.15) is 38.5 Å². The molecule has 1 fully saturated rings. The van der Waals surface area contributed by atoms with Crippen molar-refractivity contribution in [3.8, 4) is 0 Å². The molecular formula is C12H21F3N2O2. The normalized spacial score (nSPS) is 18.9. The van der Waals surface area contributed by atoms with Crippen LogP contribution in [-0.2, 0) is 0 Å². The van der Waals surface area contributed by atoms with Crippen LogP contribution < -0.4 is 10.6 Å². The molecule has 0 unspecified atom stereocenters. The van der Waals surface area contributed by atoms with E-state index in [9.17, 15) is 18.0 Å². The number of halogens is 3. The van der Waals surface area contributed by atoms with Gasteiger partial charge < -0.3 is 15.7 Å². The molecule has 1 aliphatic carbocycles. The minimum absolute atomic E-state index is 0.0826. The molecule has 0 bridgehead atoms. The molecule has 1 aliphatic rings. The van der Waals surface area contributed by atoms with Crippen LogP contribution in [0.3, 0.4) is 0 Å². The predicted octanol–water partition coefficient (Wildman–Crippen LogP) is 2.18. The van der Waals surface area contributed by atoms with Gasteiger partial charge in [-0.2, -0.15) is 13.2 Å². The standard InChI is InChI=1S/C12H21F3N2O2/c13-12(14,15)8-16-11(19)17-10(6-7-18)9-4-2-1-3-5-9/h9-10,18H,1-8H2,(H2,16,17,19)/t10-/m1/s1. The zero-order valence-corrected chi connectivity index (χ0v) is 10.8. The maximum Gasteiger partial charge on any atom is 0.405 e. The molecule has 0 aromatic carbocycles. The van der Waals surface area contributed by atoms with Crippen molar-refractivity contribution in [2.75, 3.05) is 13.2 Å². The highest BCUT2D eigenvalue weighted by molar-refractivity contribution is 5.74. The minimum atomic E-state index is -4.41. The molecule has 0 aromatic heterocycles. The van der Waals surface area contributed by atoms with Crippen molar-refractivity contribution in [2.45, 2.75) is 50.7 Å². The smallest absolute Gasteiger partial charge is 0.396 e. The molecule has 0 heterocycles. The number of urea groups is 1. The van der Waals surface area contributed by atoms with Crippen molar-refractivity contribution < 1.29 is 23.1 Å². The summed E-state index contributed by atoms with van der Waals surface area (Å²) >= 11 is 0. The van der Waals surface area contributed by atoms with Crippen LogP contribution >= 0.6 is 0 Å². The lowest BCUT2D eigenvalue weighted by molar-refractivity contribution is -0.122. The monoisotopic (exact) mass is 282 g/mol. The molecule has 0 spiro atoms. The van der Waals surface area contributed by atoms with Gasteiger partial charge in [0, 0.05) is 12.6 Å². The van der Waals surface area contributed by atoms with E-state index >= 15 is 0 Å². The fourth-order valence-corrected chi connectivity index (χ4v) is 2.50. The fourth-order valence-electron chi connectivity index (χ4n) is 2.50. The molecule has 3 N–H and O–H groups in total. The molecule has 112 valence electrons. The maximum absolute atomic E-state index is 12.0. The van der Waals surface area contributed by atoms with Gasteiger partial charge in [-0.1, -0.05) is 19.3 Å². The molecule has 1 saturated carbocycles. The Morgan fingerprint density at radius 2 is 1.89 bits per heavy atom. The van der Waals surface area contributed by atoms with Crippen molar-refractivity contribution in [2.24, 2.45) is 5.92 Å². The van der Waals surface area contributed by atoms with Crippen molar-refractivity contribution in [3.63, 3.8) is 0 Å². The van der Waals surface area contributed by atoms with Gasteiger partial charge in [-0.15, -0.1) is 0 Å². The van der Waals surface area contributed by atoms with Crippen molar-refractivity contribution in [3.05, 3.63) is 0 Å². The lowest BCUT2D eigenvalue weighted by atomic mass is 9.83. The zero-order chi connectivity index (χ0) is 14.3. The van der Waals surface area contributed by atoms with E-state index in [1.807, 2.05) is 0 Å². The zero-order valence-electron chi connectivity index (χ0n) is 10.8. The summed E-state index contributed by atoms with van der Waals surface area (Å²) in [5.41, 5.74) is 0. The Morgan fingerprint density at radius 1 is 1.26 bits per heavy atom. The third-order valence-corrected chi connectivity index (χ3v) is 3.42. The largest absolute Gasteiger partial charge is 0.405 e. The van der Waals surface area contributed by atoms with Gasteiger partial charge in [-0.3, -0.25) is 0 Å². The van der Waals surface area contributed by atoms with Gasteiger partial charge in [-0.25, -0.2) is 4.79 Å².